The molecule has 0 aliphatic heterocycles. The van der Waals surface area contributed by atoms with Crippen molar-refractivity contribution in [2.24, 2.45) is 0 Å². The Hall–Kier alpha value is -3.41. The van der Waals surface area contributed by atoms with Crippen molar-refractivity contribution in [3.8, 4) is 11.5 Å². The van der Waals surface area contributed by atoms with Crippen molar-refractivity contribution in [2.75, 3.05) is 0 Å². The van der Waals surface area contributed by atoms with E-state index in [2.05, 4.69) is 10.3 Å². The van der Waals surface area contributed by atoms with Crippen LogP contribution in [0.3, 0.4) is 0 Å². The van der Waals surface area contributed by atoms with Crippen molar-refractivity contribution in [2.45, 2.75) is 26.2 Å². The molecular formula is C26H23ClN2O3. The Kier molecular flexibility index (Phi) is 7.33. The molecule has 0 bridgehead atoms. The van der Waals surface area contributed by atoms with Gasteiger partial charge in [0.2, 0.25) is 11.8 Å². The predicted molar refractivity (Wildman–Crippen MR) is 124 cm³/mol. The number of nitrogens with zero attached hydrogens (tertiary/aromatic N) is 1. The van der Waals surface area contributed by atoms with Crippen molar-refractivity contribution in [1.82, 2.24) is 10.3 Å². The van der Waals surface area contributed by atoms with E-state index < -0.39 is 0 Å². The zero-order valence-electron chi connectivity index (χ0n) is 17.5. The Labute approximate surface area is 192 Å². The number of ether oxygens (including phenoxy) is 1. The number of halogens is 1. The summed E-state index contributed by atoms with van der Waals surface area (Å²) in [4.78, 5) is 16.8. The second kappa shape index (κ2) is 10.8. The maximum atomic E-state index is 12.4. The molecular weight excluding hydrogens is 424 g/mol. The van der Waals surface area contributed by atoms with Gasteiger partial charge in [0, 0.05) is 17.1 Å². The summed E-state index contributed by atoms with van der Waals surface area (Å²) in [5, 5.41) is 3.60. The molecule has 0 saturated heterocycles. The molecule has 1 heterocycles. The molecule has 0 unspecified atom stereocenters. The highest BCUT2D eigenvalue weighted by Crippen LogP contribution is 2.21. The number of oxazole rings is 1. The Morgan fingerprint density at radius 3 is 2.41 bits per heavy atom. The summed E-state index contributed by atoms with van der Waals surface area (Å²) >= 11 is 5.91. The second-order valence-corrected chi connectivity index (χ2v) is 7.79. The van der Waals surface area contributed by atoms with E-state index in [4.69, 9.17) is 20.8 Å². The summed E-state index contributed by atoms with van der Waals surface area (Å²) in [6, 6.07) is 25.2. The maximum absolute atomic E-state index is 12.4. The van der Waals surface area contributed by atoms with E-state index in [1.54, 1.807) is 12.1 Å². The first kappa shape index (κ1) is 21.8. The van der Waals surface area contributed by atoms with Crippen LogP contribution in [-0.2, 0) is 35.7 Å². The van der Waals surface area contributed by atoms with E-state index in [1.165, 1.54) is 6.26 Å². The summed E-state index contributed by atoms with van der Waals surface area (Å²) in [6.45, 7) is 1.45. The van der Waals surface area contributed by atoms with Gasteiger partial charge in [-0.05, 0) is 41.0 Å². The lowest BCUT2D eigenvalue weighted by Gasteiger charge is -2.11. The van der Waals surface area contributed by atoms with Crippen molar-refractivity contribution >= 4 is 17.5 Å². The quantitative estimate of drug-likeness (QED) is 0.365. The predicted octanol–water partition coefficient (Wildman–Crippen LogP) is 5.57. The Morgan fingerprint density at radius 1 is 0.906 bits per heavy atom. The standard InChI is InChI=1S/C26H23ClN2O3/c27-23-12-10-20(11-13-23)26-29-24(18-32-26)14-25(30)28-15-21-8-4-5-9-22(21)17-31-16-19-6-2-1-3-7-19/h1-13,18H,14-17H2,(H,28,30). The van der Waals surface area contributed by atoms with E-state index in [0.29, 0.717) is 36.4 Å². The molecule has 0 aliphatic rings. The molecule has 0 atom stereocenters. The number of benzene rings is 3. The van der Waals surface area contributed by atoms with Gasteiger partial charge in [-0.2, -0.15) is 0 Å². The minimum Gasteiger partial charge on any atom is -0.444 e. The van der Waals surface area contributed by atoms with Crippen LogP contribution in [-0.4, -0.2) is 10.9 Å². The van der Waals surface area contributed by atoms with Crippen LogP contribution in [0.25, 0.3) is 11.5 Å². The first-order valence-electron chi connectivity index (χ1n) is 10.3. The number of carbonyl (C=O) groups excluding carboxylic acids is 1. The number of aromatic nitrogens is 1. The smallest absolute Gasteiger partial charge is 0.226 e. The van der Waals surface area contributed by atoms with Crippen LogP contribution in [0.15, 0.2) is 89.5 Å². The van der Waals surface area contributed by atoms with Crippen molar-refractivity contribution < 1.29 is 13.9 Å². The van der Waals surface area contributed by atoms with Gasteiger partial charge in [-0.15, -0.1) is 0 Å². The molecule has 162 valence electrons. The molecule has 0 fully saturated rings. The van der Waals surface area contributed by atoms with Gasteiger partial charge in [-0.3, -0.25) is 4.79 Å². The van der Waals surface area contributed by atoms with Crippen LogP contribution in [0.5, 0.6) is 0 Å². The lowest BCUT2D eigenvalue weighted by Crippen LogP contribution is -2.25. The van der Waals surface area contributed by atoms with Crippen LogP contribution in [0.2, 0.25) is 5.02 Å². The first-order valence-corrected chi connectivity index (χ1v) is 10.7. The number of hydrogen-bond donors (Lipinski definition) is 1. The normalized spacial score (nSPS) is 10.8. The minimum absolute atomic E-state index is 0.124. The molecule has 1 aromatic heterocycles. The third kappa shape index (κ3) is 6.06. The number of nitrogens with one attached hydrogen (secondary N) is 1. The SMILES string of the molecule is O=C(Cc1coc(-c2ccc(Cl)cc2)n1)NCc1ccccc1COCc1ccccc1. The van der Waals surface area contributed by atoms with E-state index in [0.717, 1.165) is 22.3 Å². The molecule has 0 aliphatic carbocycles. The second-order valence-electron chi connectivity index (χ2n) is 7.35. The number of rotatable bonds is 9. The third-order valence-corrected chi connectivity index (χ3v) is 5.20. The Bertz CT molecular complexity index is 1160. The highest BCUT2D eigenvalue weighted by atomic mass is 35.5. The van der Waals surface area contributed by atoms with E-state index in [9.17, 15) is 4.79 Å². The summed E-state index contributed by atoms with van der Waals surface area (Å²) < 4.78 is 11.4. The van der Waals surface area contributed by atoms with Crippen LogP contribution >= 0.6 is 11.6 Å². The van der Waals surface area contributed by atoms with Gasteiger partial charge >= 0.3 is 0 Å². The third-order valence-electron chi connectivity index (χ3n) is 4.95. The van der Waals surface area contributed by atoms with Gasteiger partial charge in [-0.25, -0.2) is 4.98 Å². The van der Waals surface area contributed by atoms with E-state index in [-0.39, 0.29) is 12.3 Å². The van der Waals surface area contributed by atoms with Crippen molar-refractivity contribution in [3.63, 3.8) is 0 Å². The molecule has 0 saturated carbocycles. The monoisotopic (exact) mass is 446 g/mol. The van der Waals surface area contributed by atoms with Gasteiger partial charge in [0.15, 0.2) is 0 Å². The molecule has 3 aromatic carbocycles. The zero-order valence-corrected chi connectivity index (χ0v) is 18.2. The van der Waals surface area contributed by atoms with Crippen molar-refractivity contribution in [1.29, 1.82) is 0 Å². The molecule has 0 spiro atoms. The van der Waals surface area contributed by atoms with Gasteiger partial charge in [-0.1, -0.05) is 66.2 Å². The molecule has 4 aromatic rings. The number of carbonyl (C=O) groups is 1. The minimum atomic E-state index is -0.124. The van der Waals surface area contributed by atoms with E-state index >= 15 is 0 Å². The van der Waals surface area contributed by atoms with Gasteiger partial charge in [0.05, 0.1) is 25.3 Å². The molecule has 32 heavy (non-hydrogen) atoms. The maximum Gasteiger partial charge on any atom is 0.226 e. The number of hydrogen-bond acceptors (Lipinski definition) is 4. The molecule has 1 N–H and O–H groups in total. The first-order chi connectivity index (χ1) is 15.7. The van der Waals surface area contributed by atoms with Crippen molar-refractivity contribution in [3.05, 3.63) is 113 Å². The molecule has 5 nitrogen and oxygen atoms in total. The summed E-state index contributed by atoms with van der Waals surface area (Å²) in [6.07, 6.45) is 1.65. The molecule has 1 amide bonds. The Morgan fingerprint density at radius 2 is 1.62 bits per heavy atom. The van der Waals surface area contributed by atoms with Crippen LogP contribution in [0.4, 0.5) is 0 Å². The average molecular weight is 447 g/mol. The highest BCUT2D eigenvalue weighted by molar-refractivity contribution is 6.30. The lowest BCUT2D eigenvalue weighted by atomic mass is 10.1. The summed E-state index contributed by atoms with van der Waals surface area (Å²) in [5.74, 6) is 0.339. The molecule has 0 radical (unpaired) electrons. The average Bonchev–Trinajstić information content (AvgIpc) is 3.28. The fourth-order valence-electron chi connectivity index (χ4n) is 3.26. The zero-order chi connectivity index (χ0) is 22.2. The molecule has 6 heteroatoms. The lowest BCUT2D eigenvalue weighted by molar-refractivity contribution is -0.120. The fraction of sp³-hybridized carbons (Fsp3) is 0.154. The topological polar surface area (TPSA) is 64.4 Å². The van der Waals surface area contributed by atoms with Crippen LogP contribution in [0, 0.1) is 0 Å². The highest BCUT2D eigenvalue weighted by Gasteiger charge is 2.11. The summed E-state index contributed by atoms with van der Waals surface area (Å²) in [5.41, 5.74) is 4.59. The largest absolute Gasteiger partial charge is 0.444 e. The van der Waals surface area contributed by atoms with Gasteiger partial charge in [0.1, 0.15) is 6.26 Å². The summed E-state index contributed by atoms with van der Waals surface area (Å²) in [7, 11) is 0. The van der Waals surface area contributed by atoms with Crippen LogP contribution in [0.1, 0.15) is 22.4 Å². The van der Waals surface area contributed by atoms with Gasteiger partial charge < -0.3 is 14.5 Å². The van der Waals surface area contributed by atoms with E-state index in [1.807, 2.05) is 66.7 Å². The fourth-order valence-corrected chi connectivity index (χ4v) is 3.38. The Balaban J connectivity index is 1.29. The van der Waals surface area contributed by atoms with Gasteiger partial charge in [0.25, 0.3) is 0 Å². The van der Waals surface area contributed by atoms with Crippen LogP contribution < -0.4 is 5.32 Å². The number of amides is 1. The molecule has 4 rings (SSSR count).